The Morgan fingerprint density at radius 2 is 1.75 bits per heavy atom. The Morgan fingerprint density at radius 3 is 2.46 bits per heavy atom. The summed E-state index contributed by atoms with van der Waals surface area (Å²) in [6.45, 7) is 1.91. The molecule has 0 saturated carbocycles. The topological polar surface area (TPSA) is 72.7 Å². The predicted molar refractivity (Wildman–Crippen MR) is 107 cm³/mol. The second kappa shape index (κ2) is 9.88. The maximum Gasteiger partial charge on any atom is 0.310 e. The molecular weight excluding hydrogens is 356 g/mol. The summed E-state index contributed by atoms with van der Waals surface area (Å²) in [5, 5.41) is 11.0. The number of para-hydroxylation sites is 2. The van der Waals surface area contributed by atoms with E-state index in [0.29, 0.717) is 25.4 Å². The first-order chi connectivity index (χ1) is 13.6. The molecule has 2 aromatic rings. The van der Waals surface area contributed by atoms with Gasteiger partial charge in [-0.1, -0.05) is 42.5 Å². The highest BCUT2D eigenvalue weighted by Crippen LogP contribution is 2.26. The van der Waals surface area contributed by atoms with Crippen LogP contribution in [0.2, 0.25) is 0 Å². The number of benzene rings is 2. The molecule has 1 fully saturated rings. The standard InChI is InChI=1S/C22H26N2O4/c25-22(11-6-16-28-21-10-5-4-9-20(21)24(26)27)23-14-12-19(13-15-23)17-18-7-2-1-3-8-18/h1-5,7-10,19H,6,11-17H2. The Labute approximate surface area is 165 Å². The maximum atomic E-state index is 12.4. The molecule has 148 valence electrons. The molecule has 2 aromatic carbocycles. The Kier molecular flexibility index (Phi) is 7.00. The molecule has 0 bridgehead atoms. The number of likely N-dealkylation sites (tertiary alicyclic amines) is 1. The smallest absolute Gasteiger partial charge is 0.310 e. The molecule has 1 aliphatic rings. The molecule has 3 rings (SSSR count). The first-order valence-corrected chi connectivity index (χ1v) is 9.81. The number of carbonyl (C=O) groups is 1. The van der Waals surface area contributed by atoms with Gasteiger partial charge in [0.15, 0.2) is 5.75 Å². The van der Waals surface area contributed by atoms with E-state index in [1.54, 1.807) is 18.2 Å². The van der Waals surface area contributed by atoms with Crippen molar-refractivity contribution in [3.63, 3.8) is 0 Å². The fraction of sp³-hybridized carbons (Fsp3) is 0.409. The first kappa shape index (κ1) is 19.9. The van der Waals surface area contributed by atoms with Gasteiger partial charge in [0.1, 0.15) is 0 Å². The Balaban J connectivity index is 1.36. The molecular formula is C22H26N2O4. The minimum absolute atomic E-state index is 0.0469. The largest absolute Gasteiger partial charge is 0.487 e. The molecule has 1 amide bonds. The van der Waals surface area contributed by atoms with Gasteiger partial charge < -0.3 is 9.64 Å². The SMILES string of the molecule is O=C(CCCOc1ccccc1[N+](=O)[O-])N1CCC(Cc2ccccc2)CC1. The van der Waals surface area contributed by atoms with Crippen molar-refractivity contribution >= 4 is 11.6 Å². The van der Waals surface area contributed by atoms with E-state index >= 15 is 0 Å². The number of piperidine rings is 1. The van der Waals surface area contributed by atoms with Gasteiger partial charge in [0.2, 0.25) is 5.91 Å². The van der Waals surface area contributed by atoms with Crippen molar-refractivity contribution < 1.29 is 14.5 Å². The van der Waals surface area contributed by atoms with E-state index in [9.17, 15) is 14.9 Å². The van der Waals surface area contributed by atoms with Gasteiger partial charge >= 0.3 is 5.69 Å². The summed E-state index contributed by atoms with van der Waals surface area (Å²) in [7, 11) is 0. The number of nitro groups is 1. The number of carbonyl (C=O) groups excluding carboxylic acids is 1. The van der Waals surface area contributed by atoms with Crippen molar-refractivity contribution in [2.24, 2.45) is 5.92 Å². The van der Waals surface area contributed by atoms with E-state index in [1.807, 2.05) is 11.0 Å². The van der Waals surface area contributed by atoms with Crippen molar-refractivity contribution in [1.82, 2.24) is 4.90 Å². The lowest BCUT2D eigenvalue weighted by Gasteiger charge is -2.32. The average molecular weight is 382 g/mol. The number of rotatable bonds is 8. The zero-order valence-corrected chi connectivity index (χ0v) is 16.0. The highest BCUT2D eigenvalue weighted by Gasteiger charge is 2.22. The van der Waals surface area contributed by atoms with Crippen molar-refractivity contribution in [2.75, 3.05) is 19.7 Å². The average Bonchev–Trinajstić information content (AvgIpc) is 2.72. The van der Waals surface area contributed by atoms with Gasteiger partial charge in [-0.25, -0.2) is 0 Å². The van der Waals surface area contributed by atoms with Gasteiger partial charge in [0, 0.05) is 25.6 Å². The van der Waals surface area contributed by atoms with Gasteiger partial charge in [0.25, 0.3) is 0 Å². The van der Waals surface area contributed by atoms with E-state index in [-0.39, 0.29) is 17.3 Å². The number of ether oxygens (including phenoxy) is 1. The molecule has 0 aromatic heterocycles. The molecule has 0 aliphatic carbocycles. The second-order valence-electron chi connectivity index (χ2n) is 7.19. The number of hydrogen-bond acceptors (Lipinski definition) is 4. The van der Waals surface area contributed by atoms with Gasteiger partial charge in [-0.15, -0.1) is 0 Å². The normalized spacial score (nSPS) is 14.6. The van der Waals surface area contributed by atoms with Gasteiger partial charge in [-0.3, -0.25) is 14.9 Å². The lowest BCUT2D eigenvalue weighted by Crippen LogP contribution is -2.38. The van der Waals surface area contributed by atoms with E-state index < -0.39 is 4.92 Å². The van der Waals surface area contributed by atoms with Crippen molar-refractivity contribution in [2.45, 2.75) is 32.1 Å². The molecule has 6 heteroatoms. The number of amides is 1. The minimum Gasteiger partial charge on any atom is -0.487 e. The molecule has 0 atom stereocenters. The minimum atomic E-state index is -0.458. The summed E-state index contributed by atoms with van der Waals surface area (Å²) in [4.78, 5) is 24.9. The van der Waals surface area contributed by atoms with Gasteiger partial charge in [-0.2, -0.15) is 0 Å². The molecule has 1 aliphatic heterocycles. The van der Waals surface area contributed by atoms with Crippen LogP contribution >= 0.6 is 0 Å². The van der Waals surface area contributed by atoms with Crippen LogP contribution in [0.3, 0.4) is 0 Å². The molecule has 1 saturated heterocycles. The fourth-order valence-corrected chi connectivity index (χ4v) is 3.63. The van der Waals surface area contributed by atoms with Crippen LogP contribution in [0.5, 0.6) is 5.75 Å². The van der Waals surface area contributed by atoms with Crippen LogP contribution < -0.4 is 4.74 Å². The fourth-order valence-electron chi connectivity index (χ4n) is 3.63. The maximum absolute atomic E-state index is 12.4. The summed E-state index contributed by atoms with van der Waals surface area (Å²) in [5.41, 5.74) is 1.31. The van der Waals surface area contributed by atoms with E-state index in [0.717, 1.165) is 32.4 Å². The quantitative estimate of drug-likeness (QED) is 0.389. The highest BCUT2D eigenvalue weighted by molar-refractivity contribution is 5.76. The summed E-state index contributed by atoms with van der Waals surface area (Å²) >= 11 is 0. The van der Waals surface area contributed by atoms with E-state index in [1.165, 1.54) is 11.6 Å². The Bertz CT molecular complexity index is 786. The highest BCUT2D eigenvalue weighted by atomic mass is 16.6. The monoisotopic (exact) mass is 382 g/mol. The number of hydrogen-bond donors (Lipinski definition) is 0. The van der Waals surface area contributed by atoms with Crippen LogP contribution in [0.4, 0.5) is 5.69 Å². The van der Waals surface area contributed by atoms with Crippen LogP contribution in [0.15, 0.2) is 54.6 Å². The first-order valence-electron chi connectivity index (χ1n) is 9.81. The molecule has 0 N–H and O–H groups in total. The molecule has 0 unspecified atom stereocenters. The van der Waals surface area contributed by atoms with Gasteiger partial charge in [0.05, 0.1) is 11.5 Å². The zero-order valence-electron chi connectivity index (χ0n) is 16.0. The summed E-state index contributed by atoms with van der Waals surface area (Å²) in [6, 6.07) is 16.8. The van der Waals surface area contributed by atoms with Crippen LogP contribution in [-0.2, 0) is 11.2 Å². The Morgan fingerprint density at radius 1 is 1.07 bits per heavy atom. The van der Waals surface area contributed by atoms with Crippen LogP contribution in [-0.4, -0.2) is 35.4 Å². The summed E-state index contributed by atoms with van der Waals surface area (Å²) in [6.07, 6.45) is 4.10. The molecule has 0 spiro atoms. The lowest BCUT2D eigenvalue weighted by atomic mass is 9.90. The third kappa shape index (κ3) is 5.55. The number of nitrogens with zero attached hydrogens (tertiary/aromatic N) is 2. The summed E-state index contributed by atoms with van der Waals surface area (Å²) in [5.74, 6) is 1.03. The second-order valence-corrected chi connectivity index (χ2v) is 7.19. The number of nitro benzene ring substituents is 1. The molecule has 28 heavy (non-hydrogen) atoms. The van der Waals surface area contributed by atoms with Gasteiger partial charge in [-0.05, 0) is 43.2 Å². The molecule has 0 radical (unpaired) electrons. The molecule has 1 heterocycles. The van der Waals surface area contributed by atoms with E-state index in [4.69, 9.17) is 4.74 Å². The predicted octanol–water partition coefficient (Wildman–Crippen LogP) is 4.24. The molecule has 6 nitrogen and oxygen atoms in total. The third-order valence-corrected chi connectivity index (χ3v) is 5.19. The zero-order chi connectivity index (χ0) is 19.8. The van der Waals surface area contributed by atoms with Crippen molar-refractivity contribution in [3.8, 4) is 5.75 Å². The third-order valence-electron chi connectivity index (χ3n) is 5.19. The lowest BCUT2D eigenvalue weighted by molar-refractivity contribution is -0.385. The van der Waals surface area contributed by atoms with E-state index in [2.05, 4.69) is 24.3 Å². The van der Waals surface area contributed by atoms with Crippen LogP contribution in [0.1, 0.15) is 31.2 Å². The van der Waals surface area contributed by atoms with Crippen LogP contribution in [0.25, 0.3) is 0 Å². The Hall–Kier alpha value is -2.89. The van der Waals surface area contributed by atoms with Crippen molar-refractivity contribution in [3.05, 3.63) is 70.3 Å². The van der Waals surface area contributed by atoms with Crippen LogP contribution in [0, 0.1) is 16.0 Å². The van der Waals surface area contributed by atoms with Crippen molar-refractivity contribution in [1.29, 1.82) is 0 Å². The summed E-state index contributed by atoms with van der Waals surface area (Å²) < 4.78 is 5.51.